The summed E-state index contributed by atoms with van der Waals surface area (Å²) in [6.07, 6.45) is 14.2. The maximum absolute atomic E-state index is 13.3. The number of benzene rings is 1. The summed E-state index contributed by atoms with van der Waals surface area (Å²) in [6, 6.07) is 1.44. The highest BCUT2D eigenvalue weighted by Gasteiger charge is 2.29. The molecule has 0 N–H and O–H groups in total. The van der Waals surface area contributed by atoms with Gasteiger partial charge in [-0.05, 0) is 43.4 Å². The average Bonchev–Trinajstić information content (AvgIpc) is 2.72. The van der Waals surface area contributed by atoms with Crippen LogP contribution < -0.4 is 4.74 Å². The number of hydrogen-bond donors (Lipinski definition) is 0. The van der Waals surface area contributed by atoms with Crippen LogP contribution in [0.5, 0.6) is 5.75 Å². The van der Waals surface area contributed by atoms with Gasteiger partial charge in [0.25, 0.3) is 0 Å². The lowest BCUT2D eigenvalue weighted by molar-refractivity contribution is -0.140. The van der Waals surface area contributed by atoms with E-state index >= 15 is 0 Å². The summed E-state index contributed by atoms with van der Waals surface area (Å²) in [5, 5.41) is 0. The van der Waals surface area contributed by atoms with E-state index in [1.54, 1.807) is 0 Å². The van der Waals surface area contributed by atoms with Gasteiger partial charge < -0.3 is 4.74 Å². The molecular formula is C24H33F3O2. The van der Waals surface area contributed by atoms with Crippen molar-refractivity contribution >= 4 is 5.97 Å². The standard InChI is InChI=1S/C24H33F3O2/c1-2-3-16-4-6-17(7-5-16)8-9-18-10-12-19(13-11-18)24(28)29-20-14-21(25)23(27)22(26)15-20/h14-19H,2-13H2,1H3. The van der Waals surface area contributed by atoms with Crippen LogP contribution in [0.1, 0.15) is 84.0 Å². The van der Waals surface area contributed by atoms with Gasteiger partial charge in [-0.1, -0.05) is 58.3 Å². The minimum Gasteiger partial charge on any atom is -0.426 e. The number of halogens is 3. The summed E-state index contributed by atoms with van der Waals surface area (Å²) in [5.41, 5.74) is 0. The van der Waals surface area contributed by atoms with Gasteiger partial charge in [-0.3, -0.25) is 4.79 Å². The first-order valence-corrected chi connectivity index (χ1v) is 11.3. The van der Waals surface area contributed by atoms with Gasteiger partial charge in [-0.25, -0.2) is 13.2 Å². The SMILES string of the molecule is CCCC1CCC(CCC2CCC(C(=O)Oc3cc(F)c(F)c(F)c3)CC2)CC1. The van der Waals surface area contributed by atoms with Crippen LogP contribution in [0.2, 0.25) is 0 Å². The highest BCUT2D eigenvalue weighted by atomic mass is 19.2. The average molecular weight is 411 g/mol. The summed E-state index contributed by atoms with van der Waals surface area (Å²) < 4.78 is 44.7. The van der Waals surface area contributed by atoms with Gasteiger partial charge in [-0.15, -0.1) is 0 Å². The molecule has 2 saturated carbocycles. The van der Waals surface area contributed by atoms with E-state index in [-0.39, 0.29) is 11.7 Å². The van der Waals surface area contributed by atoms with Crippen molar-refractivity contribution in [2.24, 2.45) is 23.7 Å². The summed E-state index contributed by atoms with van der Waals surface area (Å²) in [4.78, 5) is 12.3. The van der Waals surface area contributed by atoms with Gasteiger partial charge in [0.15, 0.2) is 17.5 Å². The highest BCUT2D eigenvalue weighted by molar-refractivity contribution is 5.75. The molecule has 0 saturated heterocycles. The fourth-order valence-corrected chi connectivity index (χ4v) is 5.17. The van der Waals surface area contributed by atoms with Crippen LogP contribution in [0.4, 0.5) is 13.2 Å². The number of carbonyl (C=O) groups excluding carboxylic acids is 1. The molecule has 162 valence electrons. The molecule has 0 aliphatic heterocycles. The summed E-state index contributed by atoms with van der Waals surface area (Å²) >= 11 is 0. The van der Waals surface area contributed by atoms with Gasteiger partial charge in [0, 0.05) is 12.1 Å². The van der Waals surface area contributed by atoms with Crippen LogP contribution in [-0.4, -0.2) is 5.97 Å². The maximum Gasteiger partial charge on any atom is 0.314 e. The molecule has 29 heavy (non-hydrogen) atoms. The Morgan fingerprint density at radius 1 is 0.828 bits per heavy atom. The Kier molecular flexibility index (Phi) is 8.02. The third kappa shape index (κ3) is 6.23. The fourth-order valence-electron chi connectivity index (χ4n) is 5.17. The predicted molar refractivity (Wildman–Crippen MR) is 107 cm³/mol. The van der Waals surface area contributed by atoms with E-state index in [0.717, 1.165) is 49.7 Å². The summed E-state index contributed by atoms with van der Waals surface area (Å²) in [7, 11) is 0. The topological polar surface area (TPSA) is 26.3 Å². The smallest absolute Gasteiger partial charge is 0.314 e. The van der Waals surface area contributed by atoms with E-state index in [0.29, 0.717) is 5.92 Å². The Labute approximate surface area is 172 Å². The van der Waals surface area contributed by atoms with Crippen LogP contribution in [-0.2, 0) is 4.79 Å². The first kappa shape index (κ1) is 22.2. The largest absolute Gasteiger partial charge is 0.426 e. The molecule has 2 aliphatic carbocycles. The molecule has 0 amide bonds. The maximum atomic E-state index is 13.3. The lowest BCUT2D eigenvalue weighted by Crippen LogP contribution is -2.26. The Balaban J connectivity index is 1.37. The molecular weight excluding hydrogens is 377 g/mol. The van der Waals surface area contributed by atoms with Crippen molar-refractivity contribution in [2.45, 2.75) is 84.0 Å². The van der Waals surface area contributed by atoms with Crippen molar-refractivity contribution in [3.05, 3.63) is 29.6 Å². The molecule has 2 aliphatic rings. The monoisotopic (exact) mass is 410 g/mol. The van der Waals surface area contributed by atoms with E-state index in [1.165, 1.54) is 51.4 Å². The quantitative estimate of drug-likeness (QED) is 0.270. The van der Waals surface area contributed by atoms with Gasteiger partial charge in [0.05, 0.1) is 5.92 Å². The van der Waals surface area contributed by atoms with Crippen LogP contribution in [0.25, 0.3) is 0 Å². The van der Waals surface area contributed by atoms with E-state index in [4.69, 9.17) is 4.74 Å². The van der Waals surface area contributed by atoms with Crippen LogP contribution in [0.15, 0.2) is 12.1 Å². The zero-order valence-corrected chi connectivity index (χ0v) is 17.4. The molecule has 3 rings (SSSR count). The van der Waals surface area contributed by atoms with Gasteiger partial charge >= 0.3 is 5.97 Å². The Morgan fingerprint density at radius 3 is 1.76 bits per heavy atom. The number of esters is 1. The van der Waals surface area contributed by atoms with Crippen molar-refractivity contribution in [2.75, 3.05) is 0 Å². The van der Waals surface area contributed by atoms with Crippen LogP contribution in [0.3, 0.4) is 0 Å². The Morgan fingerprint density at radius 2 is 1.28 bits per heavy atom. The molecule has 0 aromatic heterocycles. The number of rotatable bonds is 7. The van der Waals surface area contributed by atoms with E-state index in [9.17, 15) is 18.0 Å². The van der Waals surface area contributed by atoms with Crippen molar-refractivity contribution in [3.8, 4) is 5.75 Å². The third-order valence-corrected chi connectivity index (χ3v) is 7.00. The van der Waals surface area contributed by atoms with Crippen molar-refractivity contribution in [3.63, 3.8) is 0 Å². The second-order valence-corrected chi connectivity index (χ2v) is 9.09. The number of hydrogen-bond acceptors (Lipinski definition) is 2. The fraction of sp³-hybridized carbons (Fsp3) is 0.708. The summed E-state index contributed by atoms with van der Waals surface area (Å²) in [5.74, 6) is -2.75. The first-order chi connectivity index (χ1) is 14.0. The zero-order valence-electron chi connectivity index (χ0n) is 17.4. The van der Waals surface area contributed by atoms with Gasteiger partial charge in [0.1, 0.15) is 5.75 Å². The lowest BCUT2D eigenvalue weighted by atomic mass is 9.75. The zero-order chi connectivity index (χ0) is 20.8. The molecule has 0 bridgehead atoms. The normalized spacial score (nSPS) is 27.6. The van der Waals surface area contributed by atoms with Crippen molar-refractivity contribution in [1.29, 1.82) is 0 Å². The first-order valence-electron chi connectivity index (χ1n) is 11.3. The number of ether oxygens (including phenoxy) is 1. The molecule has 0 heterocycles. The summed E-state index contributed by atoms with van der Waals surface area (Å²) in [6.45, 7) is 2.27. The molecule has 2 nitrogen and oxygen atoms in total. The second kappa shape index (κ2) is 10.5. The molecule has 1 aromatic carbocycles. The third-order valence-electron chi connectivity index (χ3n) is 7.00. The molecule has 0 spiro atoms. The van der Waals surface area contributed by atoms with E-state index < -0.39 is 23.4 Å². The van der Waals surface area contributed by atoms with Crippen molar-refractivity contribution in [1.82, 2.24) is 0 Å². The molecule has 2 fully saturated rings. The van der Waals surface area contributed by atoms with E-state index in [1.807, 2.05) is 0 Å². The van der Waals surface area contributed by atoms with Crippen LogP contribution >= 0.6 is 0 Å². The second-order valence-electron chi connectivity index (χ2n) is 9.09. The minimum absolute atomic E-state index is 0.244. The molecule has 5 heteroatoms. The molecule has 0 unspecified atom stereocenters. The molecule has 0 radical (unpaired) electrons. The minimum atomic E-state index is -1.55. The highest BCUT2D eigenvalue weighted by Crippen LogP contribution is 2.38. The lowest BCUT2D eigenvalue weighted by Gasteiger charge is -2.31. The van der Waals surface area contributed by atoms with Crippen molar-refractivity contribution < 1.29 is 22.7 Å². The Hall–Kier alpha value is -1.52. The molecule has 0 atom stereocenters. The number of carbonyl (C=O) groups is 1. The predicted octanol–water partition coefficient (Wildman–Crippen LogP) is 7.20. The van der Waals surface area contributed by atoms with Gasteiger partial charge in [-0.2, -0.15) is 0 Å². The van der Waals surface area contributed by atoms with Gasteiger partial charge in [0.2, 0.25) is 0 Å². The Bertz CT molecular complexity index is 652. The van der Waals surface area contributed by atoms with Crippen LogP contribution in [0, 0.1) is 41.1 Å². The molecule has 1 aromatic rings. The van der Waals surface area contributed by atoms with E-state index in [2.05, 4.69) is 6.92 Å².